The maximum atomic E-state index is 12.0. The standard InChI is InChI=1S/C21H17ClN2O4/c1-27-20(25)14-3-2-4-19(13-14)28-18-11-9-17(10-12-18)24-21(26)23-16-7-5-15(22)6-8-16/h2-13H,1H3,(H2,23,24,26). The van der Waals surface area contributed by atoms with Crippen molar-refractivity contribution in [1.82, 2.24) is 0 Å². The van der Waals surface area contributed by atoms with E-state index in [4.69, 9.17) is 21.1 Å². The van der Waals surface area contributed by atoms with E-state index in [0.29, 0.717) is 33.5 Å². The van der Waals surface area contributed by atoms with Crippen molar-refractivity contribution in [2.24, 2.45) is 0 Å². The summed E-state index contributed by atoms with van der Waals surface area (Å²) >= 11 is 5.82. The normalized spacial score (nSPS) is 10.1. The molecule has 0 bridgehead atoms. The predicted octanol–water partition coefficient (Wildman–Crippen LogP) is 5.56. The fourth-order valence-corrected chi connectivity index (χ4v) is 2.50. The average Bonchev–Trinajstić information content (AvgIpc) is 2.71. The lowest BCUT2D eigenvalue weighted by Crippen LogP contribution is -2.19. The zero-order chi connectivity index (χ0) is 19.9. The molecule has 7 heteroatoms. The molecule has 0 fully saturated rings. The number of hydrogen-bond acceptors (Lipinski definition) is 4. The van der Waals surface area contributed by atoms with Gasteiger partial charge in [-0.15, -0.1) is 0 Å². The van der Waals surface area contributed by atoms with Gasteiger partial charge in [-0.2, -0.15) is 0 Å². The summed E-state index contributed by atoms with van der Waals surface area (Å²) in [5.41, 5.74) is 1.63. The molecule has 0 aliphatic carbocycles. The molecule has 0 atom stereocenters. The molecule has 0 radical (unpaired) electrons. The van der Waals surface area contributed by atoms with Gasteiger partial charge in [0.1, 0.15) is 11.5 Å². The minimum Gasteiger partial charge on any atom is -0.465 e. The van der Waals surface area contributed by atoms with Crippen molar-refractivity contribution in [2.45, 2.75) is 0 Å². The Morgan fingerprint density at radius 2 is 1.43 bits per heavy atom. The van der Waals surface area contributed by atoms with E-state index in [-0.39, 0.29) is 6.03 Å². The molecule has 28 heavy (non-hydrogen) atoms. The van der Waals surface area contributed by atoms with Crippen molar-refractivity contribution in [3.8, 4) is 11.5 Å². The molecular formula is C21H17ClN2O4. The number of nitrogens with one attached hydrogen (secondary N) is 2. The Hall–Kier alpha value is -3.51. The van der Waals surface area contributed by atoms with Crippen LogP contribution in [-0.2, 0) is 4.74 Å². The van der Waals surface area contributed by atoms with Crippen LogP contribution in [0.15, 0.2) is 72.8 Å². The summed E-state index contributed by atoms with van der Waals surface area (Å²) < 4.78 is 10.4. The number of amides is 2. The molecule has 142 valence electrons. The third kappa shape index (κ3) is 5.25. The number of anilines is 2. The van der Waals surface area contributed by atoms with Gasteiger partial charge in [-0.3, -0.25) is 0 Å². The summed E-state index contributed by atoms with van der Waals surface area (Å²) in [5, 5.41) is 6.03. The summed E-state index contributed by atoms with van der Waals surface area (Å²) in [5.74, 6) is 0.631. The molecule has 0 aliphatic rings. The molecular weight excluding hydrogens is 380 g/mol. The molecule has 0 saturated heterocycles. The molecule has 0 unspecified atom stereocenters. The number of carbonyl (C=O) groups excluding carboxylic acids is 2. The Kier molecular flexibility index (Phi) is 6.14. The van der Waals surface area contributed by atoms with Crippen molar-refractivity contribution < 1.29 is 19.1 Å². The van der Waals surface area contributed by atoms with Crippen molar-refractivity contribution in [1.29, 1.82) is 0 Å². The van der Waals surface area contributed by atoms with Crippen LogP contribution >= 0.6 is 11.6 Å². The molecule has 3 aromatic carbocycles. The first-order valence-corrected chi connectivity index (χ1v) is 8.71. The van der Waals surface area contributed by atoms with E-state index in [2.05, 4.69) is 10.6 Å². The maximum Gasteiger partial charge on any atom is 0.337 e. The van der Waals surface area contributed by atoms with Gasteiger partial charge >= 0.3 is 12.0 Å². The number of methoxy groups -OCH3 is 1. The first-order chi connectivity index (χ1) is 13.5. The predicted molar refractivity (Wildman–Crippen MR) is 108 cm³/mol. The molecule has 3 rings (SSSR count). The molecule has 2 amide bonds. The van der Waals surface area contributed by atoms with Crippen LogP contribution in [0.1, 0.15) is 10.4 Å². The lowest BCUT2D eigenvalue weighted by molar-refractivity contribution is 0.0600. The molecule has 0 aliphatic heterocycles. The van der Waals surface area contributed by atoms with Gasteiger partial charge in [-0.25, -0.2) is 9.59 Å². The Bertz CT molecular complexity index is 972. The average molecular weight is 397 g/mol. The highest BCUT2D eigenvalue weighted by molar-refractivity contribution is 6.30. The van der Waals surface area contributed by atoms with E-state index in [0.717, 1.165) is 0 Å². The summed E-state index contributed by atoms with van der Waals surface area (Å²) in [6.07, 6.45) is 0. The van der Waals surface area contributed by atoms with E-state index in [1.54, 1.807) is 72.8 Å². The molecule has 0 spiro atoms. The minimum absolute atomic E-state index is 0.373. The lowest BCUT2D eigenvalue weighted by atomic mass is 10.2. The number of rotatable bonds is 5. The van der Waals surface area contributed by atoms with E-state index in [9.17, 15) is 9.59 Å². The number of hydrogen-bond donors (Lipinski definition) is 2. The number of ether oxygens (including phenoxy) is 2. The van der Waals surface area contributed by atoms with Crippen LogP contribution in [0.2, 0.25) is 5.02 Å². The number of carbonyl (C=O) groups is 2. The number of esters is 1. The number of urea groups is 1. The smallest absolute Gasteiger partial charge is 0.337 e. The Morgan fingerprint density at radius 1 is 0.821 bits per heavy atom. The van der Waals surface area contributed by atoms with Gasteiger partial charge in [0, 0.05) is 16.4 Å². The lowest BCUT2D eigenvalue weighted by Gasteiger charge is -2.10. The SMILES string of the molecule is COC(=O)c1cccc(Oc2ccc(NC(=O)Nc3ccc(Cl)cc3)cc2)c1. The van der Waals surface area contributed by atoms with Crippen molar-refractivity contribution in [2.75, 3.05) is 17.7 Å². The van der Waals surface area contributed by atoms with Gasteiger partial charge in [-0.05, 0) is 66.7 Å². The van der Waals surface area contributed by atoms with Gasteiger partial charge < -0.3 is 20.1 Å². The van der Waals surface area contributed by atoms with Crippen LogP contribution in [-0.4, -0.2) is 19.1 Å². The van der Waals surface area contributed by atoms with Crippen LogP contribution in [0.4, 0.5) is 16.2 Å². The number of halogens is 1. The van der Waals surface area contributed by atoms with Gasteiger partial charge in [0.25, 0.3) is 0 Å². The van der Waals surface area contributed by atoms with Crippen LogP contribution in [0.25, 0.3) is 0 Å². The Morgan fingerprint density at radius 3 is 2.04 bits per heavy atom. The third-order valence-corrected chi connectivity index (χ3v) is 3.96. The summed E-state index contributed by atoms with van der Waals surface area (Å²) in [7, 11) is 1.32. The topological polar surface area (TPSA) is 76.7 Å². The second-order valence-corrected chi connectivity index (χ2v) is 6.17. The van der Waals surface area contributed by atoms with Gasteiger partial charge in [0.15, 0.2) is 0 Å². The van der Waals surface area contributed by atoms with E-state index in [1.807, 2.05) is 0 Å². The highest BCUT2D eigenvalue weighted by atomic mass is 35.5. The van der Waals surface area contributed by atoms with E-state index in [1.165, 1.54) is 7.11 Å². The van der Waals surface area contributed by atoms with Crippen LogP contribution in [0.3, 0.4) is 0 Å². The minimum atomic E-state index is -0.434. The monoisotopic (exact) mass is 396 g/mol. The highest BCUT2D eigenvalue weighted by Crippen LogP contribution is 2.24. The molecule has 6 nitrogen and oxygen atoms in total. The Balaban J connectivity index is 1.59. The van der Waals surface area contributed by atoms with Gasteiger partial charge in [-0.1, -0.05) is 17.7 Å². The second kappa shape index (κ2) is 8.92. The quantitative estimate of drug-likeness (QED) is 0.553. The largest absolute Gasteiger partial charge is 0.465 e. The second-order valence-electron chi connectivity index (χ2n) is 5.73. The van der Waals surface area contributed by atoms with E-state index < -0.39 is 5.97 Å². The molecule has 0 heterocycles. The first kappa shape index (κ1) is 19.3. The summed E-state index contributed by atoms with van der Waals surface area (Å²) in [6, 6.07) is 20.0. The fraction of sp³-hybridized carbons (Fsp3) is 0.0476. The van der Waals surface area contributed by atoms with Crippen molar-refractivity contribution in [3.05, 3.63) is 83.4 Å². The fourth-order valence-electron chi connectivity index (χ4n) is 2.37. The highest BCUT2D eigenvalue weighted by Gasteiger charge is 2.07. The molecule has 2 N–H and O–H groups in total. The van der Waals surface area contributed by atoms with Crippen LogP contribution < -0.4 is 15.4 Å². The van der Waals surface area contributed by atoms with Crippen LogP contribution in [0.5, 0.6) is 11.5 Å². The van der Waals surface area contributed by atoms with Crippen molar-refractivity contribution >= 4 is 35.0 Å². The zero-order valence-corrected chi connectivity index (χ0v) is 15.7. The number of benzene rings is 3. The maximum absolute atomic E-state index is 12.0. The molecule has 3 aromatic rings. The van der Waals surface area contributed by atoms with Crippen LogP contribution in [0, 0.1) is 0 Å². The first-order valence-electron chi connectivity index (χ1n) is 8.33. The van der Waals surface area contributed by atoms with E-state index >= 15 is 0 Å². The Labute approximate surface area is 167 Å². The van der Waals surface area contributed by atoms with Crippen molar-refractivity contribution in [3.63, 3.8) is 0 Å². The van der Waals surface area contributed by atoms with Gasteiger partial charge in [0.2, 0.25) is 0 Å². The summed E-state index contributed by atoms with van der Waals surface area (Å²) in [4.78, 5) is 23.6. The zero-order valence-electron chi connectivity index (χ0n) is 14.9. The third-order valence-electron chi connectivity index (χ3n) is 3.71. The van der Waals surface area contributed by atoms with Gasteiger partial charge in [0.05, 0.1) is 12.7 Å². The summed E-state index contributed by atoms with van der Waals surface area (Å²) in [6.45, 7) is 0. The molecule has 0 saturated carbocycles. The molecule has 0 aromatic heterocycles.